The fourth-order valence-electron chi connectivity index (χ4n) is 3.37. The first-order valence-corrected chi connectivity index (χ1v) is 11.1. The third kappa shape index (κ3) is 3.37. The zero-order valence-corrected chi connectivity index (χ0v) is 16.2. The van der Waals surface area contributed by atoms with Gasteiger partial charge in [0.1, 0.15) is 10.0 Å². The van der Waals surface area contributed by atoms with Gasteiger partial charge in [-0.05, 0) is 56.7 Å². The Morgan fingerprint density at radius 1 is 1.00 bits per heavy atom. The van der Waals surface area contributed by atoms with Crippen LogP contribution in [0, 0.1) is 13.8 Å². The maximum Gasteiger partial charge on any atom is 0.243 e. The van der Waals surface area contributed by atoms with Gasteiger partial charge in [0.25, 0.3) is 0 Å². The number of benzene rings is 1. The Morgan fingerprint density at radius 3 is 2.20 bits per heavy atom. The molecule has 2 aliphatic rings. The first-order valence-electron chi connectivity index (χ1n) is 8.86. The quantitative estimate of drug-likeness (QED) is 0.817. The first-order chi connectivity index (χ1) is 11.9. The van der Waals surface area contributed by atoms with Crippen molar-refractivity contribution in [3.63, 3.8) is 0 Å². The van der Waals surface area contributed by atoms with Gasteiger partial charge in [0, 0.05) is 24.9 Å². The number of hydrogen-bond acceptors (Lipinski definition) is 5. The molecule has 1 saturated heterocycles. The highest BCUT2D eigenvalue weighted by molar-refractivity contribution is 7.89. The summed E-state index contributed by atoms with van der Waals surface area (Å²) in [5.41, 5.74) is 1.78. The van der Waals surface area contributed by atoms with Crippen molar-refractivity contribution in [2.75, 3.05) is 13.1 Å². The monoisotopic (exact) mass is 377 g/mol. The predicted molar refractivity (Wildman–Crippen MR) is 98.5 cm³/mol. The molecular weight excluding hydrogens is 354 g/mol. The normalized spacial score (nSPS) is 20.1. The highest BCUT2D eigenvalue weighted by Crippen LogP contribution is 2.43. The molecule has 1 aliphatic heterocycles. The standard InChI is InChI=1S/C18H23N3O2S2/c1-12-3-4-13(2)16(11-12)25(22,23)21-9-7-15(8-10-21)18-20-19-17(24-18)14-5-6-14/h3-4,11,14-15H,5-10H2,1-2H3. The molecule has 2 aromatic rings. The third-order valence-corrected chi connectivity index (χ3v) is 8.44. The van der Waals surface area contributed by atoms with Gasteiger partial charge < -0.3 is 0 Å². The van der Waals surface area contributed by atoms with Gasteiger partial charge in [-0.25, -0.2) is 8.42 Å². The minimum Gasteiger partial charge on any atom is -0.207 e. The lowest BCUT2D eigenvalue weighted by atomic mass is 9.99. The second-order valence-corrected chi connectivity index (χ2v) is 10.1. The molecule has 134 valence electrons. The highest BCUT2D eigenvalue weighted by Gasteiger charge is 2.33. The highest BCUT2D eigenvalue weighted by atomic mass is 32.2. The molecule has 0 bridgehead atoms. The first kappa shape index (κ1) is 17.1. The van der Waals surface area contributed by atoms with Gasteiger partial charge in [-0.15, -0.1) is 21.5 Å². The van der Waals surface area contributed by atoms with E-state index in [0.29, 0.717) is 29.8 Å². The van der Waals surface area contributed by atoms with E-state index in [2.05, 4.69) is 10.2 Å². The molecule has 0 unspecified atom stereocenters. The lowest BCUT2D eigenvalue weighted by Crippen LogP contribution is -2.38. The second-order valence-electron chi connectivity index (χ2n) is 7.20. The van der Waals surface area contributed by atoms with Crippen molar-refractivity contribution >= 4 is 21.4 Å². The van der Waals surface area contributed by atoms with Gasteiger partial charge in [-0.1, -0.05) is 12.1 Å². The Hall–Kier alpha value is -1.31. The van der Waals surface area contributed by atoms with E-state index in [4.69, 9.17) is 0 Å². The van der Waals surface area contributed by atoms with Crippen LogP contribution >= 0.6 is 11.3 Å². The van der Waals surface area contributed by atoms with Crippen molar-refractivity contribution in [2.24, 2.45) is 0 Å². The van der Waals surface area contributed by atoms with Crippen LogP contribution in [0.2, 0.25) is 0 Å². The van der Waals surface area contributed by atoms with E-state index in [1.54, 1.807) is 21.7 Å². The van der Waals surface area contributed by atoms with Gasteiger partial charge in [-0.2, -0.15) is 4.31 Å². The number of aryl methyl sites for hydroxylation is 2. The van der Waals surface area contributed by atoms with E-state index in [1.807, 2.05) is 26.0 Å². The summed E-state index contributed by atoms with van der Waals surface area (Å²) in [4.78, 5) is 0.442. The van der Waals surface area contributed by atoms with Crippen LogP contribution in [0.3, 0.4) is 0 Å². The SMILES string of the molecule is Cc1ccc(C)c(S(=O)(=O)N2CCC(c3nnc(C4CC4)s3)CC2)c1. The summed E-state index contributed by atoms with van der Waals surface area (Å²) in [5, 5.41) is 11.0. The van der Waals surface area contributed by atoms with E-state index in [9.17, 15) is 8.42 Å². The summed E-state index contributed by atoms with van der Waals surface area (Å²) in [6.45, 7) is 4.90. The molecule has 0 N–H and O–H groups in total. The predicted octanol–water partition coefficient (Wildman–Crippen LogP) is 3.60. The minimum absolute atomic E-state index is 0.343. The number of piperidine rings is 1. The molecule has 7 heteroatoms. The summed E-state index contributed by atoms with van der Waals surface area (Å²) in [6, 6.07) is 5.62. The second kappa shape index (κ2) is 6.45. The van der Waals surface area contributed by atoms with Crippen LogP contribution in [0.15, 0.2) is 23.1 Å². The zero-order chi connectivity index (χ0) is 17.6. The Bertz CT molecular complexity index is 879. The summed E-state index contributed by atoms with van der Waals surface area (Å²) in [6.07, 6.45) is 4.12. The van der Waals surface area contributed by atoms with Crippen molar-refractivity contribution in [1.82, 2.24) is 14.5 Å². The number of rotatable bonds is 4. The fourth-order valence-corrected chi connectivity index (χ4v) is 6.34. The Morgan fingerprint density at radius 2 is 1.60 bits per heavy atom. The summed E-state index contributed by atoms with van der Waals surface area (Å²) in [7, 11) is -3.42. The van der Waals surface area contributed by atoms with E-state index in [0.717, 1.165) is 29.0 Å². The van der Waals surface area contributed by atoms with E-state index in [1.165, 1.54) is 17.8 Å². The number of aromatic nitrogens is 2. The Balaban J connectivity index is 1.47. The topological polar surface area (TPSA) is 63.2 Å². The molecule has 5 nitrogen and oxygen atoms in total. The molecule has 25 heavy (non-hydrogen) atoms. The van der Waals surface area contributed by atoms with Gasteiger partial charge in [0.2, 0.25) is 10.0 Å². The molecule has 1 saturated carbocycles. The molecule has 2 heterocycles. The van der Waals surface area contributed by atoms with Crippen molar-refractivity contribution in [1.29, 1.82) is 0 Å². The third-order valence-electron chi connectivity index (χ3n) is 5.15. The molecule has 0 radical (unpaired) electrons. The molecule has 4 rings (SSSR count). The smallest absolute Gasteiger partial charge is 0.207 e. The van der Waals surface area contributed by atoms with Crippen molar-refractivity contribution in [3.8, 4) is 0 Å². The minimum atomic E-state index is -3.42. The summed E-state index contributed by atoms with van der Waals surface area (Å²) in [5.74, 6) is 0.978. The molecule has 1 aromatic heterocycles. The molecular formula is C18H23N3O2S2. The largest absolute Gasteiger partial charge is 0.243 e. The number of sulfonamides is 1. The average molecular weight is 378 g/mol. The molecule has 0 spiro atoms. The maximum absolute atomic E-state index is 13.0. The lowest BCUT2D eigenvalue weighted by molar-refractivity contribution is 0.318. The van der Waals surface area contributed by atoms with E-state index >= 15 is 0 Å². The van der Waals surface area contributed by atoms with E-state index in [-0.39, 0.29) is 0 Å². The number of nitrogens with zero attached hydrogens (tertiary/aromatic N) is 3. The molecule has 0 atom stereocenters. The molecule has 1 aromatic carbocycles. The lowest BCUT2D eigenvalue weighted by Gasteiger charge is -2.30. The van der Waals surface area contributed by atoms with Gasteiger partial charge >= 0.3 is 0 Å². The van der Waals surface area contributed by atoms with Crippen LogP contribution in [-0.4, -0.2) is 36.0 Å². The van der Waals surface area contributed by atoms with E-state index < -0.39 is 10.0 Å². The van der Waals surface area contributed by atoms with Gasteiger partial charge in [-0.3, -0.25) is 0 Å². The van der Waals surface area contributed by atoms with Crippen molar-refractivity contribution in [2.45, 2.75) is 56.3 Å². The Labute approximate surface area is 153 Å². The van der Waals surface area contributed by atoms with Crippen LogP contribution in [0.1, 0.15) is 58.7 Å². The van der Waals surface area contributed by atoms with Crippen molar-refractivity contribution < 1.29 is 8.42 Å². The van der Waals surface area contributed by atoms with Crippen LogP contribution in [0.25, 0.3) is 0 Å². The maximum atomic E-state index is 13.0. The number of hydrogen-bond donors (Lipinski definition) is 0. The summed E-state index contributed by atoms with van der Waals surface area (Å²) >= 11 is 1.73. The molecule has 0 amide bonds. The fraction of sp³-hybridized carbons (Fsp3) is 0.556. The zero-order valence-electron chi connectivity index (χ0n) is 14.6. The van der Waals surface area contributed by atoms with Crippen LogP contribution in [0.5, 0.6) is 0 Å². The van der Waals surface area contributed by atoms with Gasteiger partial charge in [0.05, 0.1) is 4.90 Å². The van der Waals surface area contributed by atoms with Gasteiger partial charge in [0.15, 0.2) is 0 Å². The Kier molecular flexibility index (Phi) is 4.42. The van der Waals surface area contributed by atoms with Crippen molar-refractivity contribution in [3.05, 3.63) is 39.3 Å². The molecule has 1 aliphatic carbocycles. The van der Waals surface area contributed by atoms with Crippen LogP contribution in [-0.2, 0) is 10.0 Å². The van der Waals surface area contributed by atoms with Crippen LogP contribution in [0.4, 0.5) is 0 Å². The molecule has 2 fully saturated rings. The summed E-state index contributed by atoms with van der Waals surface area (Å²) < 4.78 is 27.6. The average Bonchev–Trinajstić information content (AvgIpc) is 3.34. The van der Waals surface area contributed by atoms with Crippen LogP contribution < -0.4 is 0 Å².